The summed E-state index contributed by atoms with van der Waals surface area (Å²) in [6.45, 7) is 0. The Kier molecular flexibility index (Phi) is 7.50. The zero-order valence-corrected chi connectivity index (χ0v) is 22.4. The highest BCUT2D eigenvalue weighted by molar-refractivity contribution is 8.16. The van der Waals surface area contributed by atoms with Crippen LogP contribution in [0.2, 0.25) is 0 Å². The average molecular weight is 561 g/mol. The van der Waals surface area contributed by atoms with Crippen molar-refractivity contribution in [3.63, 3.8) is 0 Å². The summed E-state index contributed by atoms with van der Waals surface area (Å²) in [5, 5.41) is 5.67. The Morgan fingerprint density at radius 3 is 2.13 bits per heavy atom. The predicted octanol–water partition coefficient (Wildman–Crippen LogP) is 5.49. The first kappa shape index (κ1) is 25.6. The van der Waals surface area contributed by atoms with E-state index in [-0.39, 0.29) is 16.5 Å². The Bertz CT molecular complexity index is 1540. The molecule has 0 unspecified atom stereocenters. The van der Waals surface area contributed by atoms with Crippen LogP contribution in [0.5, 0.6) is 0 Å². The minimum absolute atomic E-state index is 0.109. The number of oxime groups is 1. The van der Waals surface area contributed by atoms with Crippen molar-refractivity contribution in [2.45, 2.75) is 9.94 Å². The fourth-order valence-electron chi connectivity index (χ4n) is 3.76. The maximum absolute atomic E-state index is 13.6. The lowest BCUT2D eigenvalue weighted by atomic mass is 9.86. The lowest BCUT2D eigenvalue weighted by Gasteiger charge is -2.29. The van der Waals surface area contributed by atoms with Gasteiger partial charge in [0.25, 0.3) is 5.60 Å². The van der Waals surface area contributed by atoms with E-state index < -0.39 is 16.7 Å². The van der Waals surface area contributed by atoms with Crippen molar-refractivity contribution < 1.29 is 19.2 Å². The van der Waals surface area contributed by atoms with Gasteiger partial charge in [0.05, 0.1) is 17.3 Å². The van der Waals surface area contributed by atoms with Gasteiger partial charge in [0.2, 0.25) is 5.12 Å². The van der Waals surface area contributed by atoms with Crippen molar-refractivity contribution in [2.75, 3.05) is 12.8 Å². The third-order valence-corrected chi connectivity index (χ3v) is 8.17. The number of hydrogen-bond acceptors (Lipinski definition) is 11. The van der Waals surface area contributed by atoms with Crippen LogP contribution in [0.3, 0.4) is 0 Å². The van der Waals surface area contributed by atoms with E-state index >= 15 is 0 Å². The zero-order valence-electron chi connectivity index (χ0n) is 19.9. The molecular weight excluding hydrogens is 541 g/mol. The molecule has 8 nitrogen and oxygen atoms in total. The number of nitrogens with zero attached hydrogens (tertiary/aromatic N) is 3. The van der Waals surface area contributed by atoms with E-state index in [0.29, 0.717) is 15.5 Å². The second kappa shape index (κ2) is 11.1. The number of rotatable bonds is 8. The Morgan fingerprint density at radius 1 is 0.921 bits per heavy atom. The van der Waals surface area contributed by atoms with Gasteiger partial charge in [0, 0.05) is 16.5 Å². The minimum Gasteiger partial charge on any atom is -0.465 e. The molecule has 0 spiro atoms. The van der Waals surface area contributed by atoms with Crippen molar-refractivity contribution in [1.29, 1.82) is 0 Å². The molecule has 0 atom stereocenters. The second-order valence-electron chi connectivity index (χ2n) is 7.84. The maximum atomic E-state index is 13.6. The highest BCUT2D eigenvalue weighted by Gasteiger charge is 2.47. The largest absolute Gasteiger partial charge is 0.465 e. The quantitative estimate of drug-likeness (QED) is 0.115. The number of carbonyl (C=O) groups is 2. The number of thioether (sulfide) groups is 1. The van der Waals surface area contributed by atoms with E-state index in [4.69, 9.17) is 15.3 Å². The highest BCUT2D eigenvalue weighted by Crippen LogP contribution is 2.36. The number of thiazole rings is 2. The Morgan fingerprint density at radius 2 is 1.55 bits per heavy atom. The van der Waals surface area contributed by atoms with Crippen LogP contribution in [0.1, 0.15) is 16.8 Å². The molecule has 11 heteroatoms. The number of esters is 1. The molecule has 0 amide bonds. The van der Waals surface area contributed by atoms with Crippen molar-refractivity contribution >= 4 is 66.6 Å². The molecule has 2 N–H and O–H groups in total. The number of aromatic nitrogens is 2. The summed E-state index contributed by atoms with van der Waals surface area (Å²) in [4.78, 5) is 41.8. The summed E-state index contributed by atoms with van der Waals surface area (Å²) in [5.41, 5.74) is 5.94. The molecule has 5 rings (SSSR count). The summed E-state index contributed by atoms with van der Waals surface area (Å²) in [5.74, 6) is -0.706. The number of nitrogens with two attached hydrogens (primary N) is 1. The number of fused-ring (bicyclic) bond motifs is 1. The van der Waals surface area contributed by atoms with Gasteiger partial charge in [0.1, 0.15) is 5.69 Å². The third kappa shape index (κ3) is 5.03. The lowest BCUT2D eigenvalue weighted by molar-refractivity contribution is -0.165. The second-order valence-corrected chi connectivity index (χ2v) is 11.0. The fraction of sp³-hybridized carbons (Fsp3) is 0.0741. The number of nitrogen functional groups attached to an aromatic ring is 1. The molecule has 2 heterocycles. The van der Waals surface area contributed by atoms with Crippen molar-refractivity contribution in [3.05, 3.63) is 107 Å². The van der Waals surface area contributed by atoms with Crippen molar-refractivity contribution in [3.8, 4) is 0 Å². The van der Waals surface area contributed by atoms with Gasteiger partial charge < -0.3 is 15.3 Å². The smallest absolute Gasteiger partial charge is 0.362 e. The first-order valence-electron chi connectivity index (χ1n) is 11.3. The number of benzene rings is 3. The molecule has 2 aromatic heterocycles. The van der Waals surface area contributed by atoms with E-state index in [1.54, 1.807) is 53.9 Å². The molecule has 0 aliphatic heterocycles. The number of hydrogen-bond donors (Lipinski definition) is 1. The first-order chi connectivity index (χ1) is 18.5. The summed E-state index contributed by atoms with van der Waals surface area (Å²) in [7, 11) is 1.27. The summed E-state index contributed by atoms with van der Waals surface area (Å²) < 4.78 is 6.68. The fourth-order valence-corrected chi connectivity index (χ4v) is 6.20. The summed E-state index contributed by atoms with van der Waals surface area (Å²) in [6.07, 6.45) is 0. The van der Waals surface area contributed by atoms with Gasteiger partial charge in [-0.3, -0.25) is 4.79 Å². The number of ether oxygens (including phenoxy) is 1. The van der Waals surface area contributed by atoms with Gasteiger partial charge in [-0.15, -0.1) is 22.7 Å². The Labute approximate surface area is 230 Å². The molecule has 0 saturated heterocycles. The number of para-hydroxylation sites is 1. The van der Waals surface area contributed by atoms with Crippen LogP contribution in [0.15, 0.2) is 99.8 Å². The number of carbonyl (C=O) groups excluding carboxylic acids is 2. The van der Waals surface area contributed by atoms with Gasteiger partial charge in [-0.25, -0.2) is 14.8 Å². The third-order valence-electron chi connectivity index (χ3n) is 5.52. The van der Waals surface area contributed by atoms with Crippen LogP contribution in [0.25, 0.3) is 10.2 Å². The van der Waals surface area contributed by atoms with Crippen molar-refractivity contribution in [2.24, 2.45) is 5.16 Å². The zero-order chi connectivity index (χ0) is 26.5. The molecule has 0 aliphatic rings. The Hall–Kier alpha value is -4.06. The maximum Gasteiger partial charge on any atom is 0.362 e. The number of methoxy groups -OCH3 is 1. The molecule has 0 bridgehead atoms. The molecule has 3 aromatic carbocycles. The van der Waals surface area contributed by atoms with Crippen molar-refractivity contribution in [1.82, 2.24) is 9.97 Å². The van der Waals surface area contributed by atoms with Gasteiger partial charge in [-0.05, 0) is 23.9 Å². The van der Waals surface area contributed by atoms with E-state index in [9.17, 15) is 9.59 Å². The first-order valence-corrected chi connectivity index (χ1v) is 13.8. The lowest BCUT2D eigenvalue weighted by Crippen LogP contribution is -2.40. The van der Waals surface area contributed by atoms with Crippen LogP contribution in [0.4, 0.5) is 5.13 Å². The van der Waals surface area contributed by atoms with E-state index in [1.165, 1.54) is 18.4 Å². The molecule has 0 saturated carbocycles. The van der Waals surface area contributed by atoms with E-state index in [2.05, 4.69) is 15.1 Å². The SMILES string of the molecule is COC(=O)C(ON=C(C(=O)Sc1nc2ccccc2s1)c1csc(N)n1)(c1ccccc1)c1ccccc1. The molecule has 0 fully saturated rings. The highest BCUT2D eigenvalue weighted by atomic mass is 32.2. The molecule has 190 valence electrons. The summed E-state index contributed by atoms with van der Waals surface area (Å²) >= 11 is 3.45. The molecule has 0 aliphatic carbocycles. The summed E-state index contributed by atoms with van der Waals surface area (Å²) in [6, 6.07) is 25.3. The van der Waals surface area contributed by atoms with Crippen LogP contribution in [0, 0.1) is 0 Å². The number of anilines is 1. The molecule has 0 radical (unpaired) electrons. The topological polar surface area (TPSA) is 117 Å². The van der Waals surface area contributed by atoms with Crippen LogP contribution in [-0.4, -0.2) is 33.9 Å². The minimum atomic E-state index is -1.79. The standard InChI is InChI=1S/C27H20N4O4S3/c1-34-24(33)27(17-10-4-2-5-11-17,18-12-6-3-7-13-18)35-31-22(20-16-36-25(28)29-20)23(32)38-26-30-19-14-8-9-15-21(19)37-26/h2-16H,1H3,(H2,28,29). The van der Waals surface area contributed by atoms with E-state index in [1.807, 2.05) is 36.4 Å². The van der Waals surface area contributed by atoms with Crippen LogP contribution in [-0.2, 0) is 24.8 Å². The van der Waals surface area contributed by atoms with E-state index in [0.717, 1.165) is 33.3 Å². The van der Waals surface area contributed by atoms with Gasteiger partial charge in [-0.2, -0.15) is 0 Å². The van der Waals surface area contributed by atoms with Gasteiger partial charge >= 0.3 is 5.97 Å². The average Bonchev–Trinajstić information content (AvgIpc) is 3.57. The normalized spacial score (nSPS) is 11.9. The van der Waals surface area contributed by atoms with Crippen LogP contribution < -0.4 is 5.73 Å². The molecule has 38 heavy (non-hydrogen) atoms. The molecular formula is C27H20N4O4S3. The van der Waals surface area contributed by atoms with Gasteiger partial charge in [-0.1, -0.05) is 78.0 Å². The monoisotopic (exact) mass is 560 g/mol. The predicted molar refractivity (Wildman–Crippen MR) is 150 cm³/mol. The molecule has 5 aromatic rings. The van der Waals surface area contributed by atoms with Crippen LogP contribution >= 0.6 is 34.4 Å². The Balaban J connectivity index is 1.60. The van der Waals surface area contributed by atoms with Gasteiger partial charge in [0.15, 0.2) is 15.2 Å².